The van der Waals surface area contributed by atoms with Gasteiger partial charge in [-0.15, -0.1) is 0 Å². The Balaban J connectivity index is 1.80. The summed E-state index contributed by atoms with van der Waals surface area (Å²) in [5.41, 5.74) is 7.09. The minimum Gasteiger partial charge on any atom is -0.369 e. The van der Waals surface area contributed by atoms with Crippen molar-refractivity contribution < 1.29 is 9.59 Å². The lowest BCUT2D eigenvalue weighted by molar-refractivity contribution is -0.123. The first kappa shape index (κ1) is 21.2. The molecule has 27 heavy (non-hydrogen) atoms. The predicted molar refractivity (Wildman–Crippen MR) is 109 cm³/mol. The van der Waals surface area contributed by atoms with Gasteiger partial charge >= 0.3 is 0 Å². The summed E-state index contributed by atoms with van der Waals surface area (Å²) in [6.45, 7) is 13.4. The van der Waals surface area contributed by atoms with Crippen LogP contribution < -0.4 is 11.1 Å². The summed E-state index contributed by atoms with van der Waals surface area (Å²) in [5.74, 6) is 0.478. The van der Waals surface area contributed by atoms with Crippen LogP contribution in [-0.4, -0.2) is 53.8 Å². The predicted octanol–water partition coefficient (Wildman–Crippen LogP) is 2.15. The Morgan fingerprint density at radius 3 is 2.19 bits per heavy atom. The summed E-state index contributed by atoms with van der Waals surface area (Å²) in [6, 6.07) is 0.541. The SMILES string of the molecule is C=C(NC(=O)/C(C)=C(C)/C=C\C)N1CCN(C2CCC(C(N)=O)CC2)CC1. The molecule has 0 atom stereocenters. The summed E-state index contributed by atoms with van der Waals surface area (Å²) in [5, 5.41) is 2.93. The third kappa shape index (κ3) is 5.70. The van der Waals surface area contributed by atoms with E-state index in [4.69, 9.17) is 5.73 Å². The highest BCUT2D eigenvalue weighted by atomic mass is 16.2. The number of allylic oxidation sites excluding steroid dienone is 3. The summed E-state index contributed by atoms with van der Waals surface area (Å²) in [6.07, 6.45) is 7.75. The molecule has 0 bridgehead atoms. The summed E-state index contributed by atoms with van der Waals surface area (Å²) in [7, 11) is 0. The molecule has 2 amide bonds. The van der Waals surface area contributed by atoms with E-state index >= 15 is 0 Å². The number of nitrogens with two attached hydrogens (primary N) is 1. The molecule has 0 radical (unpaired) electrons. The Morgan fingerprint density at radius 1 is 1.07 bits per heavy atom. The second-order valence-corrected chi connectivity index (χ2v) is 7.64. The second kappa shape index (κ2) is 9.74. The van der Waals surface area contributed by atoms with Crippen LogP contribution in [0.5, 0.6) is 0 Å². The molecular weight excluding hydrogens is 340 g/mol. The molecule has 1 heterocycles. The van der Waals surface area contributed by atoms with Crippen LogP contribution in [0.15, 0.2) is 35.7 Å². The van der Waals surface area contributed by atoms with Crippen LogP contribution in [0.1, 0.15) is 46.5 Å². The molecule has 1 saturated carbocycles. The fraction of sp³-hybridized carbons (Fsp3) is 0.619. The van der Waals surface area contributed by atoms with E-state index < -0.39 is 0 Å². The lowest BCUT2D eigenvalue weighted by Crippen LogP contribution is -2.52. The molecule has 0 unspecified atom stereocenters. The molecule has 0 spiro atoms. The molecule has 150 valence electrons. The maximum absolute atomic E-state index is 12.4. The van der Waals surface area contributed by atoms with Crippen molar-refractivity contribution in [3.63, 3.8) is 0 Å². The Labute approximate surface area is 163 Å². The Hall–Kier alpha value is -2.08. The van der Waals surface area contributed by atoms with E-state index in [0.29, 0.717) is 17.4 Å². The highest BCUT2D eigenvalue weighted by molar-refractivity contribution is 5.94. The number of carbonyl (C=O) groups excluding carboxylic acids is 2. The minimum atomic E-state index is -0.153. The van der Waals surface area contributed by atoms with Gasteiger partial charge in [-0.1, -0.05) is 18.7 Å². The van der Waals surface area contributed by atoms with Crippen LogP contribution >= 0.6 is 0 Å². The van der Waals surface area contributed by atoms with Gasteiger partial charge in [-0.05, 0) is 52.0 Å². The number of carbonyl (C=O) groups is 2. The van der Waals surface area contributed by atoms with Crippen LogP contribution in [0, 0.1) is 5.92 Å². The standard InChI is InChI=1S/C21H34N4O2/c1-5-6-15(2)16(3)21(27)23-17(4)24-11-13-25(14-12-24)19-9-7-18(8-10-19)20(22)26/h5-6,18-19H,4,7-14H2,1-3H3,(H2,22,26)(H,23,27)/b6-5-,16-15+. The van der Waals surface area contributed by atoms with Gasteiger partial charge in [0.2, 0.25) is 5.91 Å². The number of nitrogens with one attached hydrogen (secondary N) is 1. The third-order valence-electron chi connectivity index (χ3n) is 5.92. The molecule has 0 aromatic carbocycles. The molecule has 2 fully saturated rings. The molecule has 3 N–H and O–H groups in total. The first-order valence-electron chi connectivity index (χ1n) is 9.92. The van der Waals surface area contributed by atoms with Gasteiger partial charge in [-0.2, -0.15) is 0 Å². The third-order valence-corrected chi connectivity index (χ3v) is 5.92. The van der Waals surface area contributed by atoms with E-state index in [1.165, 1.54) is 0 Å². The molecule has 1 aliphatic heterocycles. The maximum atomic E-state index is 12.4. The number of primary amides is 1. The minimum absolute atomic E-state index is 0.0554. The largest absolute Gasteiger partial charge is 0.369 e. The number of nitrogens with zero attached hydrogens (tertiary/aromatic N) is 2. The van der Waals surface area contributed by atoms with Crippen LogP contribution in [0.2, 0.25) is 0 Å². The Kier molecular flexibility index (Phi) is 7.66. The quantitative estimate of drug-likeness (QED) is 0.552. The number of amides is 2. The first-order valence-corrected chi connectivity index (χ1v) is 9.92. The Bertz CT molecular complexity index is 622. The fourth-order valence-corrected chi connectivity index (χ4v) is 3.94. The van der Waals surface area contributed by atoms with Crippen molar-refractivity contribution in [2.75, 3.05) is 26.2 Å². The van der Waals surface area contributed by atoms with Crippen molar-refractivity contribution in [2.24, 2.45) is 11.7 Å². The van der Waals surface area contributed by atoms with Crippen molar-refractivity contribution in [1.82, 2.24) is 15.1 Å². The van der Waals surface area contributed by atoms with Gasteiger partial charge in [0.15, 0.2) is 0 Å². The van der Waals surface area contributed by atoms with Crippen LogP contribution in [0.25, 0.3) is 0 Å². The summed E-state index contributed by atoms with van der Waals surface area (Å²) in [4.78, 5) is 28.3. The number of hydrogen-bond donors (Lipinski definition) is 2. The topological polar surface area (TPSA) is 78.7 Å². The lowest BCUT2D eigenvalue weighted by Gasteiger charge is -2.42. The first-order chi connectivity index (χ1) is 12.8. The molecule has 6 nitrogen and oxygen atoms in total. The monoisotopic (exact) mass is 374 g/mol. The molecule has 0 aromatic rings. The van der Waals surface area contributed by atoms with Gasteiger partial charge in [0.25, 0.3) is 5.91 Å². The maximum Gasteiger partial charge on any atom is 0.252 e. The molecule has 1 saturated heterocycles. The molecule has 2 rings (SSSR count). The van der Waals surface area contributed by atoms with Crippen molar-refractivity contribution in [3.8, 4) is 0 Å². The molecule has 0 aromatic heterocycles. The molecule has 1 aliphatic carbocycles. The smallest absolute Gasteiger partial charge is 0.252 e. The second-order valence-electron chi connectivity index (χ2n) is 7.64. The van der Waals surface area contributed by atoms with Crippen LogP contribution in [0.3, 0.4) is 0 Å². The average molecular weight is 375 g/mol. The lowest BCUT2D eigenvalue weighted by atomic mass is 9.84. The summed E-state index contributed by atoms with van der Waals surface area (Å²) < 4.78 is 0. The van der Waals surface area contributed by atoms with E-state index in [1.54, 1.807) is 0 Å². The zero-order valence-electron chi connectivity index (χ0n) is 17.0. The van der Waals surface area contributed by atoms with Crippen LogP contribution in [0.4, 0.5) is 0 Å². The highest BCUT2D eigenvalue weighted by Crippen LogP contribution is 2.28. The highest BCUT2D eigenvalue weighted by Gasteiger charge is 2.30. The van der Waals surface area contributed by atoms with E-state index in [1.807, 2.05) is 32.9 Å². The fourth-order valence-electron chi connectivity index (χ4n) is 3.94. The van der Waals surface area contributed by atoms with Crippen molar-refractivity contribution in [2.45, 2.75) is 52.5 Å². The van der Waals surface area contributed by atoms with Gasteiger partial charge in [-0.25, -0.2) is 0 Å². The van der Waals surface area contributed by atoms with E-state index in [-0.39, 0.29) is 17.7 Å². The Morgan fingerprint density at radius 2 is 1.67 bits per heavy atom. The van der Waals surface area contributed by atoms with Crippen molar-refractivity contribution in [3.05, 3.63) is 35.7 Å². The average Bonchev–Trinajstić information content (AvgIpc) is 2.67. The molecule has 2 aliphatic rings. The van der Waals surface area contributed by atoms with Gasteiger partial charge in [0.1, 0.15) is 5.82 Å². The normalized spacial score (nSPS) is 25.2. The van der Waals surface area contributed by atoms with Gasteiger partial charge in [0, 0.05) is 43.7 Å². The van der Waals surface area contributed by atoms with Crippen LogP contribution in [-0.2, 0) is 9.59 Å². The number of hydrogen-bond acceptors (Lipinski definition) is 4. The van der Waals surface area contributed by atoms with Crippen molar-refractivity contribution in [1.29, 1.82) is 0 Å². The van der Waals surface area contributed by atoms with E-state index in [9.17, 15) is 9.59 Å². The van der Waals surface area contributed by atoms with Gasteiger partial charge < -0.3 is 16.0 Å². The zero-order valence-corrected chi connectivity index (χ0v) is 17.0. The zero-order chi connectivity index (χ0) is 20.0. The summed E-state index contributed by atoms with van der Waals surface area (Å²) >= 11 is 0. The van der Waals surface area contributed by atoms with E-state index in [0.717, 1.165) is 57.4 Å². The van der Waals surface area contributed by atoms with Gasteiger partial charge in [-0.3, -0.25) is 14.5 Å². The molecule has 6 heteroatoms. The molecular formula is C21H34N4O2. The van der Waals surface area contributed by atoms with E-state index in [2.05, 4.69) is 21.7 Å². The number of rotatable bonds is 6. The van der Waals surface area contributed by atoms with Crippen molar-refractivity contribution >= 4 is 11.8 Å². The van der Waals surface area contributed by atoms with Gasteiger partial charge in [0.05, 0.1) is 0 Å². The number of piperazine rings is 1.